The third-order valence-electron chi connectivity index (χ3n) is 5.26. The van der Waals surface area contributed by atoms with Crippen molar-refractivity contribution in [1.82, 2.24) is 9.99 Å². The lowest BCUT2D eigenvalue weighted by atomic mass is 9.98. The van der Waals surface area contributed by atoms with Gasteiger partial charge in [0.15, 0.2) is 0 Å². The quantitative estimate of drug-likeness (QED) is 0.549. The summed E-state index contributed by atoms with van der Waals surface area (Å²) < 4.78 is 18.7. The number of ether oxygens (including phenoxy) is 1. The van der Waals surface area contributed by atoms with Crippen LogP contribution in [0.2, 0.25) is 5.15 Å². The highest BCUT2D eigenvalue weighted by atomic mass is 35.5. The van der Waals surface area contributed by atoms with Crippen LogP contribution in [-0.4, -0.2) is 39.8 Å². The Balaban J connectivity index is 1.75. The Morgan fingerprint density at radius 2 is 1.97 bits per heavy atom. The van der Waals surface area contributed by atoms with Gasteiger partial charge in [-0.3, -0.25) is 9.59 Å². The van der Waals surface area contributed by atoms with Gasteiger partial charge in [-0.25, -0.2) is 14.4 Å². The molecule has 7 nitrogen and oxygen atoms in total. The standard InChI is InChI=1S/C23H19ClFN3O4/c1-32-19-4-2-3-14-11-16(23(24)26-22(14)19)18-12-17(13-5-7-15(25)8-6-13)27-28(18)20(29)9-10-21(30)31/h2-8,11,18H,9-10,12H2,1H3,(H,30,31)/t18-/m0/s1. The van der Waals surface area contributed by atoms with Crippen molar-refractivity contribution < 1.29 is 23.8 Å². The van der Waals surface area contributed by atoms with Crippen LogP contribution >= 0.6 is 11.6 Å². The fourth-order valence-electron chi connectivity index (χ4n) is 3.69. The summed E-state index contributed by atoms with van der Waals surface area (Å²) in [5.41, 5.74) is 2.40. The zero-order valence-corrected chi connectivity index (χ0v) is 17.8. The first-order valence-corrected chi connectivity index (χ1v) is 10.3. The SMILES string of the molecule is COc1cccc2cc([C@@H]3CC(c4ccc(F)cc4)=NN3C(=O)CCC(=O)O)c(Cl)nc12. The molecule has 0 unspecified atom stereocenters. The maximum Gasteiger partial charge on any atom is 0.303 e. The molecule has 3 aromatic rings. The molecule has 1 atom stereocenters. The van der Waals surface area contributed by atoms with Crippen molar-refractivity contribution in [3.8, 4) is 5.75 Å². The van der Waals surface area contributed by atoms with Crippen LogP contribution in [0.5, 0.6) is 5.75 Å². The highest BCUT2D eigenvalue weighted by Crippen LogP contribution is 2.38. The summed E-state index contributed by atoms with van der Waals surface area (Å²) in [6, 6.07) is 12.5. The lowest BCUT2D eigenvalue weighted by Crippen LogP contribution is -2.27. The summed E-state index contributed by atoms with van der Waals surface area (Å²) in [7, 11) is 1.54. The minimum absolute atomic E-state index is 0.193. The number of aliphatic carboxylic acids is 1. The predicted molar refractivity (Wildman–Crippen MR) is 117 cm³/mol. The first-order chi connectivity index (χ1) is 15.4. The van der Waals surface area contributed by atoms with Crippen molar-refractivity contribution in [2.24, 2.45) is 5.10 Å². The van der Waals surface area contributed by atoms with Crippen LogP contribution in [0.25, 0.3) is 10.9 Å². The molecule has 1 aliphatic rings. The number of halogens is 2. The van der Waals surface area contributed by atoms with Gasteiger partial charge < -0.3 is 9.84 Å². The Morgan fingerprint density at radius 3 is 2.66 bits per heavy atom. The molecule has 1 aliphatic heterocycles. The molecule has 0 spiro atoms. The molecule has 1 N–H and O–H groups in total. The molecule has 2 aromatic carbocycles. The number of carboxylic acids is 1. The minimum Gasteiger partial charge on any atom is -0.494 e. The van der Waals surface area contributed by atoms with E-state index in [1.165, 1.54) is 17.1 Å². The number of carbonyl (C=O) groups excluding carboxylic acids is 1. The third-order valence-corrected chi connectivity index (χ3v) is 5.57. The van der Waals surface area contributed by atoms with Gasteiger partial charge in [-0.15, -0.1) is 0 Å². The van der Waals surface area contributed by atoms with Crippen molar-refractivity contribution in [3.05, 3.63) is 70.6 Å². The molecule has 0 saturated heterocycles. The Bertz CT molecular complexity index is 1230. The normalized spacial score (nSPS) is 15.7. The van der Waals surface area contributed by atoms with Crippen LogP contribution in [0.3, 0.4) is 0 Å². The molecule has 9 heteroatoms. The largest absolute Gasteiger partial charge is 0.494 e. The zero-order chi connectivity index (χ0) is 22.8. The van der Waals surface area contributed by atoms with Crippen LogP contribution < -0.4 is 4.74 Å². The second-order valence-corrected chi connectivity index (χ2v) is 7.66. The van der Waals surface area contributed by atoms with Crippen LogP contribution in [0.15, 0.2) is 53.6 Å². The topological polar surface area (TPSA) is 92.1 Å². The van der Waals surface area contributed by atoms with Crippen molar-refractivity contribution in [2.75, 3.05) is 7.11 Å². The van der Waals surface area contributed by atoms with Crippen molar-refractivity contribution in [3.63, 3.8) is 0 Å². The summed E-state index contributed by atoms with van der Waals surface area (Å²) in [4.78, 5) is 28.3. The number of hydrogen-bond acceptors (Lipinski definition) is 5. The maximum absolute atomic E-state index is 13.4. The van der Waals surface area contributed by atoms with Gasteiger partial charge in [0, 0.05) is 23.8 Å². The van der Waals surface area contributed by atoms with E-state index in [9.17, 15) is 14.0 Å². The molecule has 0 radical (unpaired) electrons. The number of hydrazone groups is 1. The van der Waals surface area contributed by atoms with Gasteiger partial charge in [-0.05, 0) is 29.8 Å². The van der Waals surface area contributed by atoms with E-state index < -0.39 is 17.9 Å². The first kappa shape index (κ1) is 21.7. The summed E-state index contributed by atoms with van der Waals surface area (Å²) >= 11 is 6.52. The number of fused-ring (bicyclic) bond motifs is 1. The van der Waals surface area contributed by atoms with Crippen LogP contribution in [0.1, 0.15) is 36.4 Å². The van der Waals surface area contributed by atoms with E-state index in [0.717, 1.165) is 5.39 Å². The number of benzene rings is 2. The average molecular weight is 456 g/mol. The highest BCUT2D eigenvalue weighted by Gasteiger charge is 2.35. The third kappa shape index (κ3) is 4.27. The van der Waals surface area contributed by atoms with E-state index in [0.29, 0.717) is 34.5 Å². The number of carboxylic acid groups (broad SMARTS) is 1. The number of nitrogens with zero attached hydrogens (tertiary/aromatic N) is 3. The monoisotopic (exact) mass is 455 g/mol. The molecule has 1 amide bonds. The number of carbonyl (C=O) groups is 2. The fraction of sp³-hybridized carbons (Fsp3) is 0.217. The number of aromatic nitrogens is 1. The summed E-state index contributed by atoms with van der Waals surface area (Å²) in [5, 5.41) is 15.7. The average Bonchev–Trinajstić information content (AvgIpc) is 3.22. The van der Waals surface area contributed by atoms with E-state index >= 15 is 0 Å². The lowest BCUT2D eigenvalue weighted by Gasteiger charge is -2.23. The van der Waals surface area contributed by atoms with E-state index in [-0.39, 0.29) is 23.8 Å². The smallest absolute Gasteiger partial charge is 0.303 e. The van der Waals surface area contributed by atoms with E-state index in [2.05, 4.69) is 10.1 Å². The lowest BCUT2D eigenvalue weighted by molar-refractivity contribution is -0.141. The summed E-state index contributed by atoms with van der Waals surface area (Å²) in [6.45, 7) is 0. The van der Waals surface area contributed by atoms with Gasteiger partial charge in [-0.2, -0.15) is 5.10 Å². The van der Waals surface area contributed by atoms with Crippen molar-refractivity contribution >= 4 is 40.1 Å². The van der Waals surface area contributed by atoms with Gasteiger partial charge in [-0.1, -0.05) is 35.9 Å². The van der Waals surface area contributed by atoms with E-state index in [4.69, 9.17) is 21.4 Å². The molecule has 0 fully saturated rings. The molecule has 164 valence electrons. The number of rotatable bonds is 6. The van der Waals surface area contributed by atoms with E-state index in [1.54, 1.807) is 25.3 Å². The van der Waals surface area contributed by atoms with Gasteiger partial charge in [0.25, 0.3) is 0 Å². The molecule has 1 aromatic heterocycles. The zero-order valence-electron chi connectivity index (χ0n) is 17.1. The van der Waals surface area contributed by atoms with Crippen molar-refractivity contribution in [1.29, 1.82) is 0 Å². The number of hydrogen-bond donors (Lipinski definition) is 1. The van der Waals surface area contributed by atoms with Crippen molar-refractivity contribution in [2.45, 2.75) is 25.3 Å². The molecule has 4 rings (SSSR count). The Hall–Kier alpha value is -3.52. The Labute approximate surface area is 188 Å². The first-order valence-electron chi connectivity index (χ1n) is 9.88. The fourth-order valence-corrected chi connectivity index (χ4v) is 3.96. The summed E-state index contributed by atoms with van der Waals surface area (Å²) in [5.74, 6) is -1.33. The molecule has 32 heavy (non-hydrogen) atoms. The molecule has 0 saturated carbocycles. The van der Waals surface area contributed by atoms with Gasteiger partial charge in [0.2, 0.25) is 5.91 Å². The second-order valence-electron chi connectivity index (χ2n) is 7.31. The van der Waals surface area contributed by atoms with Gasteiger partial charge in [0.05, 0.1) is 25.3 Å². The maximum atomic E-state index is 13.4. The van der Waals surface area contributed by atoms with Crippen LogP contribution in [0.4, 0.5) is 4.39 Å². The molecular weight excluding hydrogens is 437 g/mol. The molecule has 2 heterocycles. The second kappa shape index (κ2) is 8.92. The molecule has 0 bridgehead atoms. The van der Waals surface area contributed by atoms with Crippen LogP contribution in [0, 0.1) is 5.82 Å². The summed E-state index contributed by atoms with van der Waals surface area (Å²) in [6.07, 6.45) is -0.204. The van der Waals surface area contributed by atoms with Crippen LogP contribution in [-0.2, 0) is 9.59 Å². The predicted octanol–water partition coefficient (Wildman–Crippen LogP) is 4.58. The number of pyridine rings is 1. The number of methoxy groups -OCH3 is 1. The van der Waals surface area contributed by atoms with E-state index in [1.807, 2.05) is 18.2 Å². The highest BCUT2D eigenvalue weighted by molar-refractivity contribution is 6.30. The number of amides is 1. The molecular formula is C23H19ClFN3O4. The number of para-hydroxylation sites is 1. The Morgan fingerprint density at radius 1 is 1.22 bits per heavy atom. The minimum atomic E-state index is -1.07. The van der Waals surface area contributed by atoms with Gasteiger partial charge >= 0.3 is 5.97 Å². The van der Waals surface area contributed by atoms with Gasteiger partial charge in [0.1, 0.15) is 22.2 Å². The Kier molecular flexibility index (Phi) is 6.05. The molecule has 0 aliphatic carbocycles.